The Morgan fingerprint density at radius 1 is 1.12 bits per heavy atom. The van der Waals surface area contributed by atoms with Gasteiger partial charge in [-0.15, -0.1) is 24.0 Å². The fourth-order valence-electron chi connectivity index (χ4n) is 4.10. The minimum Gasteiger partial charge on any atom is -0.492 e. The van der Waals surface area contributed by atoms with Crippen molar-refractivity contribution in [2.75, 3.05) is 59.1 Å². The number of ether oxygens (including phenoxy) is 3. The highest BCUT2D eigenvalue weighted by atomic mass is 127. The number of nitrogens with one attached hydrogen (secondary N) is 1. The van der Waals surface area contributed by atoms with Crippen molar-refractivity contribution in [2.45, 2.75) is 52.4 Å². The van der Waals surface area contributed by atoms with Gasteiger partial charge in [0.25, 0.3) is 0 Å². The lowest BCUT2D eigenvalue weighted by Gasteiger charge is -2.37. The highest BCUT2D eigenvalue weighted by Gasteiger charge is 2.32. The van der Waals surface area contributed by atoms with Crippen LogP contribution in [0.3, 0.4) is 0 Å². The molecule has 0 bridgehead atoms. The fraction of sp³-hybridized carbons (Fsp3) is 0.708. The molecule has 1 aromatic rings. The second-order valence-corrected chi connectivity index (χ2v) is 8.10. The van der Waals surface area contributed by atoms with Crippen molar-refractivity contribution in [3.63, 3.8) is 0 Å². The SMILES string of the molecule is CCNC(=NCc1ccc(OCCN(CC)CC)cc1)N1CCOC(C2CCCO2)C1.I. The summed E-state index contributed by atoms with van der Waals surface area (Å²) < 4.78 is 17.7. The molecule has 2 heterocycles. The van der Waals surface area contributed by atoms with Crippen LogP contribution >= 0.6 is 24.0 Å². The van der Waals surface area contributed by atoms with Gasteiger partial charge in [-0.3, -0.25) is 0 Å². The van der Waals surface area contributed by atoms with Gasteiger partial charge in [-0.05, 0) is 50.6 Å². The van der Waals surface area contributed by atoms with Crippen molar-refractivity contribution in [3.8, 4) is 5.75 Å². The van der Waals surface area contributed by atoms with Crippen LogP contribution in [0.1, 0.15) is 39.2 Å². The van der Waals surface area contributed by atoms with Gasteiger partial charge in [0.1, 0.15) is 18.5 Å². The third kappa shape index (κ3) is 8.35. The molecule has 0 aliphatic carbocycles. The van der Waals surface area contributed by atoms with Gasteiger partial charge in [-0.25, -0.2) is 4.99 Å². The van der Waals surface area contributed by atoms with E-state index in [1.165, 1.54) is 5.56 Å². The minimum atomic E-state index is 0. The molecular formula is C24H41IN4O3. The van der Waals surface area contributed by atoms with Gasteiger partial charge in [0, 0.05) is 32.8 Å². The summed E-state index contributed by atoms with van der Waals surface area (Å²) in [6.07, 6.45) is 2.58. The third-order valence-electron chi connectivity index (χ3n) is 6.01. The lowest BCUT2D eigenvalue weighted by Crippen LogP contribution is -2.53. The molecule has 3 rings (SSSR count). The molecule has 7 nitrogen and oxygen atoms in total. The zero-order chi connectivity index (χ0) is 21.9. The maximum atomic E-state index is 5.99. The summed E-state index contributed by atoms with van der Waals surface area (Å²) in [4.78, 5) is 9.56. The maximum absolute atomic E-state index is 5.99. The molecule has 0 spiro atoms. The molecule has 182 valence electrons. The van der Waals surface area contributed by atoms with Gasteiger partial charge in [0.05, 0.1) is 19.3 Å². The Balaban J connectivity index is 0.00000363. The summed E-state index contributed by atoms with van der Waals surface area (Å²) in [5, 5.41) is 3.44. The first kappa shape index (κ1) is 27.1. The lowest BCUT2D eigenvalue weighted by atomic mass is 10.1. The van der Waals surface area contributed by atoms with Crippen LogP contribution in [0.15, 0.2) is 29.3 Å². The van der Waals surface area contributed by atoms with E-state index in [-0.39, 0.29) is 36.2 Å². The molecule has 1 aromatic carbocycles. The fourth-order valence-corrected chi connectivity index (χ4v) is 4.10. The molecule has 2 unspecified atom stereocenters. The zero-order valence-electron chi connectivity index (χ0n) is 19.9. The number of hydrogen-bond donors (Lipinski definition) is 1. The molecule has 0 saturated carbocycles. The molecule has 2 fully saturated rings. The van der Waals surface area contributed by atoms with Crippen LogP contribution in [-0.4, -0.2) is 87.1 Å². The Hall–Kier alpha value is -1.10. The average Bonchev–Trinajstić information content (AvgIpc) is 3.35. The van der Waals surface area contributed by atoms with E-state index in [9.17, 15) is 0 Å². The van der Waals surface area contributed by atoms with Crippen molar-refractivity contribution in [1.29, 1.82) is 0 Å². The number of aliphatic imine (C=N–C) groups is 1. The van der Waals surface area contributed by atoms with Crippen LogP contribution in [0.5, 0.6) is 5.75 Å². The van der Waals surface area contributed by atoms with E-state index in [4.69, 9.17) is 19.2 Å². The van der Waals surface area contributed by atoms with E-state index in [1.807, 2.05) is 12.1 Å². The maximum Gasteiger partial charge on any atom is 0.194 e. The highest BCUT2D eigenvalue weighted by molar-refractivity contribution is 14.0. The average molecular weight is 561 g/mol. The number of hydrogen-bond acceptors (Lipinski definition) is 5. The Kier molecular flexibility index (Phi) is 12.7. The van der Waals surface area contributed by atoms with Gasteiger partial charge < -0.3 is 29.3 Å². The molecule has 32 heavy (non-hydrogen) atoms. The zero-order valence-corrected chi connectivity index (χ0v) is 22.3. The van der Waals surface area contributed by atoms with Crippen molar-refractivity contribution in [3.05, 3.63) is 29.8 Å². The van der Waals surface area contributed by atoms with Crippen LogP contribution in [0.2, 0.25) is 0 Å². The van der Waals surface area contributed by atoms with Crippen LogP contribution in [-0.2, 0) is 16.0 Å². The first-order valence-corrected chi connectivity index (χ1v) is 11.9. The van der Waals surface area contributed by atoms with Gasteiger partial charge >= 0.3 is 0 Å². The third-order valence-corrected chi connectivity index (χ3v) is 6.01. The van der Waals surface area contributed by atoms with E-state index in [1.54, 1.807) is 0 Å². The standard InChI is InChI=1S/C24H40N4O3.HI/c1-4-25-24(28-14-17-31-23(19-28)22-8-7-15-30-22)26-18-20-9-11-21(12-10-20)29-16-13-27(5-2)6-3;/h9-12,22-23H,4-8,13-19H2,1-3H3,(H,25,26);1H. The number of guanidine groups is 1. The topological polar surface area (TPSA) is 58.6 Å². The summed E-state index contributed by atoms with van der Waals surface area (Å²) in [6.45, 7) is 15.0. The Morgan fingerprint density at radius 2 is 1.88 bits per heavy atom. The lowest BCUT2D eigenvalue weighted by molar-refractivity contribution is -0.0817. The molecule has 2 atom stereocenters. The number of halogens is 1. The Bertz CT molecular complexity index is 664. The van der Waals surface area contributed by atoms with E-state index in [2.05, 4.69) is 48.0 Å². The van der Waals surface area contributed by atoms with Crippen molar-refractivity contribution in [2.24, 2.45) is 4.99 Å². The molecular weight excluding hydrogens is 519 g/mol. The predicted octanol–water partition coefficient (Wildman–Crippen LogP) is 3.37. The van der Waals surface area contributed by atoms with Crippen LogP contribution < -0.4 is 10.1 Å². The quantitative estimate of drug-likeness (QED) is 0.269. The summed E-state index contributed by atoms with van der Waals surface area (Å²) in [5.74, 6) is 1.87. The summed E-state index contributed by atoms with van der Waals surface area (Å²) in [6, 6.07) is 8.30. The van der Waals surface area contributed by atoms with E-state index in [0.29, 0.717) is 19.8 Å². The van der Waals surface area contributed by atoms with E-state index < -0.39 is 0 Å². The molecule has 2 aliphatic heterocycles. The molecule has 2 saturated heterocycles. The molecule has 2 aliphatic rings. The number of morpholine rings is 1. The molecule has 0 amide bonds. The number of likely N-dealkylation sites (N-methyl/N-ethyl adjacent to an activating group) is 1. The largest absolute Gasteiger partial charge is 0.492 e. The molecule has 0 radical (unpaired) electrons. The molecule has 1 N–H and O–H groups in total. The highest BCUT2D eigenvalue weighted by Crippen LogP contribution is 2.21. The number of nitrogens with zero attached hydrogens (tertiary/aromatic N) is 3. The first-order chi connectivity index (χ1) is 15.2. The van der Waals surface area contributed by atoms with Gasteiger partial charge in [0.2, 0.25) is 0 Å². The predicted molar refractivity (Wildman–Crippen MR) is 140 cm³/mol. The van der Waals surface area contributed by atoms with Gasteiger partial charge in [-0.1, -0.05) is 26.0 Å². The number of rotatable bonds is 10. The normalized spacial score (nSPS) is 21.5. The summed E-state index contributed by atoms with van der Waals surface area (Å²) in [7, 11) is 0. The number of benzene rings is 1. The smallest absolute Gasteiger partial charge is 0.194 e. The molecule has 0 aromatic heterocycles. The van der Waals surface area contributed by atoms with Crippen LogP contribution in [0, 0.1) is 0 Å². The second kappa shape index (κ2) is 14.9. The monoisotopic (exact) mass is 560 g/mol. The van der Waals surface area contributed by atoms with Crippen molar-refractivity contribution in [1.82, 2.24) is 15.1 Å². The van der Waals surface area contributed by atoms with Crippen molar-refractivity contribution >= 4 is 29.9 Å². The van der Waals surface area contributed by atoms with E-state index in [0.717, 1.165) is 70.4 Å². The summed E-state index contributed by atoms with van der Waals surface area (Å²) in [5.41, 5.74) is 1.18. The van der Waals surface area contributed by atoms with E-state index >= 15 is 0 Å². The van der Waals surface area contributed by atoms with Crippen LogP contribution in [0.25, 0.3) is 0 Å². The summed E-state index contributed by atoms with van der Waals surface area (Å²) >= 11 is 0. The molecule has 8 heteroatoms. The van der Waals surface area contributed by atoms with Crippen molar-refractivity contribution < 1.29 is 14.2 Å². The van der Waals surface area contributed by atoms with Gasteiger partial charge in [0.15, 0.2) is 5.96 Å². The minimum absolute atomic E-state index is 0. The van der Waals surface area contributed by atoms with Gasteiger partial charge in [-0.2, -0.15) is 0 Å². The Labute approximate surface area is 210 Å². The first-order valence-electron chi connectivity index (χ1n) is 11.9. The second-order valence-electron chi connectivity index (χ2n) is 8.10. The van der Waals surface area contributed by atoms with Crippen LogP contribution in [0.4, 0.5) is 0 Å². The Morgan fingerprint density at radius 3 is 2.53 bits per heavy atom.